The molecule has 0 bridgehead atoms. The van der Waals surface area contributed by atoms with Gasteiger partial charge in [0.05, 0.1) is 9.60 Å². The number of piperazine rings is 1. The number of sulfonamides is 1. The van der Waals surface area contributed by atoms with Crippen LogP contribution in [0.15, 0.2) is 53.4 Å². The summed E-state index contributed by atoms with van der Waals surface area (Å²) in [5.41, 5.74) is 0. The van der Waals surface area contributed by atoms with Crippen LogP contribution in [-0.2, 0) is 10.0 Å². The molecule has 1 fully saturated rings. The first-order valence-electron chi connectivity index (χ1n) is 8.69. The Balaban J connectivity index is 1.46. The second-order valence-corrected chi connectivity index (χ2v) is 9.16. The molecule has 1 saturated heterocycles. The molecule has 154 valence electrons. The molecule has 4 rings (SSSR count). The number of ether oxygens (including phenoxy) is 1. The number of fused-ring (bicyclic) bond motifs is 1. The summed E-state index contributed by atoms with van der Waals surface area (Å²) in [6.07, 6.45) is -4.82. The maximum absolute atomic E-state index is 12.8. The van der Waals surface area contributed by atoms with E-state index in [0.29, 0.717) is 13.1 Å². The van der Waals surface area contributed by atoms with Gasteiger partial charge in [-0.15, -0.1) is 13.2 Å². The molecule has 0 spiro atoms. The topological polar surface area (TPSA) is 62.7 Å². The molecule has 0 radical (unpaired) electrons. The van der Waals surface area contributed by atoms with Crippen LogP contribution in [0.3, 0.4) is 0 Å². The molecule has 29 heavy (non-hydrogen) atoms. The zero-order chi connectivity index (χ0) is 20.6. The summed E-state index contributed by atoms with van der Waals surface area (Å²) >= 11 is 1.40. The van der Waals surface area contributed by atoms with E-state index in [-0.39, 0.29) is 18.0 Å². The average Bonchev–Trinajstić information content (AvgIpc) is 3.11. The third kappa shape index (κ3) is 4.16. The highest BCUT2D eigenvalue weighted by molar-refractivity contribution is 7.89. The van der Waals surface area contributed by atoms with E-state index in [1.165, 1.54) is 15.8 Å². The van der Waals surface area contributed by atoms with Gasteiger partial charge in [-0.3, -0.25) is 0 Å². The molecule has 1 aliphatic rings. The predicted molar refractivity (Wildman–Crippen MR) is 104 cm³/mol. The quantitative estimate of drug-likeness (QED) is 0.615. The molecule has 0 N–H and O–H groups in total. The molecular weight excluding hydrogens is 427 g/mol. The predicted octanol–water partition coefficient (Wildman–Crippen LogP) is 3.71. The van der Waals surface area contributed by atoms with E-state index >= 15 is 0 Å². The molecule has 1 aliphatic heterocycles. The number of nitrogens with zero attached hydrogens (tertiary/aromatic N) is 3. The van der Waals surface area contributed by atoms with Gasteiger partial charge in [0.25, 0.3) is 0 Å². The largest absolute Gasteiger partial charge is 0.573 e. The van der Waals surface area contributed by atoms with Crippen molar-refractivity contribution in [2.45, 2.75) is 11.3 Å². The van der Waals surface area contributed by atoms with E-state index in [1.54, 1.807) is 0 Å². The summed E-state index contributed by atoms with van der Waals surface area (Å²) in [5.74, 6) is 0.382. The third-order valence-corrected chi connectivity index (χ3v) is 7.32. The van der Waals surface area contributed by atoms with Gasteiger partial charge in [0.1, 0.15) is 11.6 Å². The first kappa shape index (κ1) is 19.9. The maximum atomic E-state index is 12.8. The van der Waals surface area contributed by atoms with Crippen molar-refractivity contribution in [3.05, 3.63) is 48.5 Å². The van der Waals surface area contributed by atoms with E-state index in [2.05, 4.69) is 9.11 Å². The monoisotopic (exact) mass is 443 g/mol. The van der Waals surface area contributed by atoms with Gasteiger partial charge in [0.2, 0.25) is 10.0 Å². The van der Waals surface area contributed by atoms with Crippen LogP contribution in [0.2, 0.25) is 0 Å². The zero-order valence-electron chi connectivity index (χ0n) is 15.0. The summed E-state index contributed by atoms with van der Waals surface area (Å²) in [7, 11) is -3.81. The fourth-order valence-corrected chi connectivity index (χ4v) is 5.42. The van der Waals surface area contributed by atoms with Gasteiger partial charge in [-0.05, 0) is 47.9 Å². The van der Waals surface area contributed by atoms with Crippen molar-refractivity contribution in [3.8, 4) is 5.75 Å². The molecule has 3 aromatic rings. The first-order chi connectivity index (χ1) is 13.7. The number of anilines is 1. The van der Waals surface area contributed by atoms with Crippen molar-refractivity contribution in [3.63, 3.8) is 0 Å². The van der Waals surface area contributed by atoms with Crippen molar-refractivity contribution in [1.82, 2.24) is 8.68 Å². The number of alkyl halides is 3. The minimum absolute atomic E-state index is 0.0698. The molecule has 1 aromatic heterocycles. The lowest BCUT2D eigenvalue weighted by molar-refractivity contribution is -0.274. The number of halogens is 3. The van der Waals surface area contributed by atoms with Gasteiger partial charge < -0.3 is 9.64 Å². The lowest BCUT2D eigenvalue weighted by Crippen LogP contribution is -2.48. The smallest absolute Gasteiger partial charge is 0.406 e. The second kappa shape index (κ2) is 7.47. The van der Waals surface area contributed by atoms with Crippen LogP contribution in [0, 0.1) is 0 Å². The summed E-state index contributed by atoms with van der Waals surface area (Å²) < 4.78 is 73.1. The van der Waals surface area contributed by atoms with Gasteiger partial charge in [0, 0.05) is 31.6 Å². The van der Waals surface area contributed by atoms with Crippen LogP contribution in [0.1, 0.15) is 0 Å². The number of aromatic nitrogens is 1. The van der Waals surface area contributed by atoms with Crippen molar-refractivity contribution in [1.29, 1.82) is 0 Å². The molecular formula is C18H16F3N3O3S2. The average molecular weight is 443 g/mol. The van der Waals surface area contributed by atoms with Crippen molar-refractivity contribution in [2.24, 2.45) is 0 Å². The van der Waals surface area contributed by atoms with E-state index in [0.717, 1.165) is 40.2 Å². The van der Waals surface area contributed by atoms with E-state index in [4.69, 9.17) is 0 Å². The Labute approximate surface area is 169 Å². The van der Waals surface area contributed by atoms with E-state index in [1.807, 2.05) is 29.2 Å². The van der Waals surface area contributed by atoms with Gasteiger partial charge in [-0.2, -0.15) is 8.68 Å². The normalized spacial score (nSPS) is 16.3. The Morgan fingerprint density at radius 1 is 0.966 bits per heavy atom. The van der Waals surface area contributed by atoms with E-state index in [9.17, 15) is 21.6 Å². The van der Waals surface area contributed by atoms with Crippen molar-refractivity contribution in [2.75, 3.05) is 31.1 Å². The highest BCUT2D eigenvalue weighted by Crippen LogP contribution is 2.31. The van der Waals surface area contributed by atoms with Gasteiger partial charge in [0.15, 0.2) is 0 Å². The highest BCUT2D eigenvalue weighted by Gasteiger charge is 2.32. The second-order valence-electron chi connectivity index (χ2n) is 6.41. The van der Waals surface area contributed by atoms with Crippen LogP contribution >= 0.6 is 11.5 Å². The number of benzene rings is 2. The fourth-order valence-electron chi connectivity index (χ4n) is 3.20. The summed E-state index contributed by atoms with van der Waals surface area (Å²) in [4.78, 5) is 1.98. The Hall–Kier alpha value is -2.37. The van der Waals surface area contributed by atoms with Crippen LogP contribution in [-0.4, -0.2) is 49.6 Å². The molecule has 6 nitrogen and oxygen atoms in total. The lowest BCUT2D eigenvalue weighted by Gasteiger charge is -2.34. The summed E-state index contributed by atoms with van der Waals surface area (Å²) in [6, 6.07) is 12.1. The first-order valence-corrected chi connectivity index (χ1v) is 10.9. The van der Waals surface area contributed by atoms with Gasteiger partial charge in [-0.25, -0.2) is 8.42 Å². The Kier molecular flexibility index (Phi) is 5.13. The lowest BCUT2D eigenvalue weighted by atomic mass is 10.2. The van der Waals surface area contributed by atoms with Crippen LogP contribution in [0.5, 0.6) is 5.75 Å². The fraction of sp³-hybridized carbons (Fsp3) is 0.278. The van der Waals surface area contributed by atoms with Crippen LogP contribution < -0.4 is 9.64 Å². The summed E-state index contributed by atoms with van der Waals surface area (Å²) in [5, 5.41) is 1.04. The van der Waals surface area contributed by atoms with E-state index < -0.39 is 22.1 Å². The summed E-state index contributed by atoms with van der Waals surface area (Å²) in [6.45, 7) is 1.47. The Morgan fingerprint density at radius 2 is 1.62 bits per heavy atom. The molecule has 0 unspecified atom stereocenters. The van der Waals surface area contributed by atoms with Crippen LogP contribution in [0.25, 0.3) is 10.1 Å². The Morgan fingerprint density at radius 3 is 2.28 bits per heavy atom. The maximum Gasteiger partial charge on any atom is 0.573 e. The van der Waals surface area contributed by atoms with Crippen molar-refractivity contribution < 1.29 is 26.3 Å². The SMILES string of the molecule is O=S(=O)(c1ccc(OC(F)(F)F)cc1)N1CCN(c2nsc3ccccc23)CC1. The Bertz CT molecular complexity index is 1110. The molecule has 0 atom stereocenters. The number of rotatable bonds is 4. The molecule has 2 heterocycles. The molecule has 0 amide bonds. The molecule has 11 heteroatoms. The molecule has 0 saturated carbocycles. The van der Waals surface area contributed by atoms with Gasteiger partial charge in [-0.1, -0.05) is 12.1 Å². The van der Waals surface area contributed by atoms with Gasteiger partial charge >= 0.3 is 6.36 Å². The molecule has 0 aliphatic carbocycles. The number of hydrogen-bond donors (Lipinski definition) is 0. The highest BCUT2D eigenvalue weighted by atomic mass is 32.2. The number of hydrogen-bond acceptors (Lipinski definition) is 6. The standard InChI is InChI=1S/C18H16F3N3O3S2/c19-18(20,21)27-13-5-7-14(8-6-13)29(25,26)24-11-9-23(10-12-24)17-15-3-1-2-4-16(15)28-22-17/h1-8H,9-12H2. The zero-order valence-corrected chi connectivity index (χ0v) is 16.6. The molecule has 2 aromatic carbocycles. The van der Waals surface area contributed by atoms with Crippen LogP contribution in [0.4, 0.5) is 19.0 Å². The minimum Gasteiger partial charge on any atom is -0.406 e. The third-order valence-electron chi connectivity index (χ3n) is 4.59. The van der Waals surface area contributed by atoms with Crippen molar-refractivity contribution >= 4 is 37.5 Å². The minimum atomic E-state index is -4.82.